The van der Waals surface area contributed by atoms with E-state index in [0.717, 1.165) is 17.9 Å². The highest BCUT2D eigenvalue weighted by molar-refractivity contribution is 8.00. The number of benzene rings is 1. The van der Waals surface area contributed by atoms with Crippen LogP contribution in [0.1, 0.15) is 19.8 Å². The number of carbonyl (C=O) groups is 1. The number of carboxylic acids is 1. The highest BCUT2D eigenvalue weighted by atomic mass is 35.5. The van der Waals surface area contributed by atoms with Crippen molar-refractivity contribution in [1.29, 1.82) is 0 Å². The summed E-state index contributed by atoms with van der Waals surface area (Å²) in [6, 6.07) is 7.21. The Morgan fingerprint density at radius 3 is 3.00 bits per heavy atom. The minimum absolute atomic E-state index is 0.0303. The quantitative estimate of drug-likeness (QED) is 0.892. The number of rotatable bonds is 3. The fourth-order valence-electron chi connectivity index (χ4n) is 2.28. The highest BCUT2D eigenvalue weighted by Crippen LogP contribution is 2.37. The summed E-state index contributed by atoms with van der Waals surface area (Å²) in [5.74, 6) is 0.232. The summed E-state index contributed by atoms with van der Waals surface area (Å²) in [6.45, 7) is 1.97. The fraction of sp³-hybridized carbons (Fsp3) is 0.462. The van der Waals surface area contributed by atoms with E-state index in [1.165, 1.54) is 0 Å². The molecule has 2 rings (SSSR count). The van der Waals surface area contributed by atoms with Gasteiger partial charge in [-0.3, -0.25) is 0 Å². The minimum atomic E-state index is -0.895. The van der Waals surface area contributed by atoms with E-state index < -0.39 is 11.5 Å². The van der Waals surface area contributed by atoms with Crippen molar-refractivity contribution in [3.8, 4) is 0 Å². The molecule has 1 aliphatic heterocycles. The zero-order valence-corrected chi connectivity index (χ0v) is 11.7. The van der Waals surface area contributed by atoms with Gasteiger partial charge >= 0.3 is 5.97 Å². The number of anilines is 1. The van der Waals surface area contributed by atoms with Crippen LogP contribution >= 0.6 is 23.4 Å². The monoisotopic (exact) mass is 285 g/mol. The topological polar surface area (TPSA) is 49.3 Å². The molecular weight excluding hydrogens is 270 g/mol. The SMILES string of the molecule is CC1SCCCC1(Nc1cccc(Cl)c1)C(=O)O. The van der Waals surface area contributed by atoms with Crippen molar-refractivity contribution in [1.82, 2.24) is 0 Å². The molecule has 0 amide bonds. The molecule has 1 aromatic carbocycles. The average Bonchev–Trinajstić information content (AvgIpc) is 2.32. The lowest BCUT2D eigenvalue weighted by atomic mass is 9.89. The van der Waals surface area contributed by atoms with Gasteiger partial charge in [-0.1, -0.05) is 24.6 Å². The Hall–Kier alpha value is -0.870. The normalized spacial score (nSPS) is 27.8. The van der Waals surface area contributed by atoms with E-state index in [1.54, 1.807) is 23.9 Å². The van der Waals surface area contributed by atoms with Crippen LogP contribution in [-0.2, 0) is 4.79 Å². The third kappa shape index (κ3) is 2.59. The van der Waals surface area contributed by atoms with Crippen LogP contribution < -0.4 is 5.32 Å². The first-order valence-corrected chi connectivity index (χ1v) is 7.36. The molecule has 2 atom stereocenters. The molecule has 5 heteroatoms. The molecule has 0 bridgehead atoms. The second kappa shape index (κ2) is 5.41. The number of hydrogen-bond acceptors (Lipinski definition) is 3. The Kier molecular flexibility index (Phi) is 4.07. The van der Waals surface area contributed by atoms with Crippen molar-refractivity contribution in [3.05, 3.63) is 29.3 Å². The van der Waals surface area contributed by atoms with Crippen LogP contribution in [0.3, 0.4) is 0 Å². The summed E-state index contributed by atoms with van der Waals surface area (Å²) in [5.41, 5.74) is -0.132. The molecule has 0 aliphatic carbocycles. The van der Waals surface area contributed by atoms with Gasteiger partial charge in [0.15, 0.2) is 0 Å². The van der Waals surface area contributed by atoms with E-state index in [9.17, 15) is 9.90 Å². The lowest BCUT2D eigenvalue weighted by molar-refractivity contribution is -0.142. The maximum absolute atomic E-state index is 11.7. The first kappa shape index (κ1) is 13.6. The second-order valence-electron chi connectivity index (χ2n) is 4.53. The van der Waals surface area contributed by atoms with Crippen molar-refractivity contribution < 1.29 is 9.90 Å². The van der Waals surface area contributed by atoms with E-state index in [4.69, 9.17) is 11.6 Å². The van der Waals surface area contributed by atoms with Crippen LogP contribution in [0.15, 0.2) is 24.3 Å². The van der Waals surface area contributed by atoms with Crippen LogP contribution in [0, 0.1) is 0 Å². The third-order valence-corrected chi connectivity index (χ3v) is 5.01. The van der Waals surface area contributed by atoms with Gasteiger partial charge in [0.1, 0.15) is 5.54 Å². The lowest BCUT2D eigenvalue weighted by Crippen LogP contribution is -2.55. The molecule has 1 heterocycles. The molecule has 2 unspecified atom stereocenters. The molecule has 1 saturated heterocycles. The van der Waals surface area contributed by atoms with Gasteiger partial charge in [-0.15, -0.1) is 0 Å². The van der Waals surface area contributed by atoms with E-state index in [2.05, 4.69) is 5.32 Å². The summed E-state index contributed by atoms with van der Waals surface area (Å²) in [4.78, 5) is 11.7. The minimum Gasteiger partial charge on any atom is -0.479 e. The maximum Gasteiger partial charge on any atom is 0.330 e. The van der Waals surface area contributed by atoms with Gasteiger partial charge in [0, 0.05) is 16.0 Å². The summed E-state index contributed by atoms with van der Waals surface area (Å²) >= 11 is 7.63. The molecule has 0 aromatic heterocycles. The van der Waals surface area contributed by atoms with Crippen LogP contribution in [0.4, 0.5) is 5.69 Å². The maximum atomic E-state index is 11.7. The Morgan fingerprint density at radius 1 is 1.61 bits per heavy atom. The number of aliphatic carboxylic acids is 1. The molecule has 0 saturated carbocycles. The third-order valence-electron chi connectivity index (χ3n) is 3.35. The fourth-order valence-corrected chi connectivity index (χ4v) is 3.70. The van der Waals surface area contributed by atoms with E-state index in [1.807, 2.05) is 19.1 Å². The van der Waals surface area contributed by atoms with Crippen molar-refractivity contribution in [2.24, 2.45) is 0 Å². The molecule has 18 heavy (non-hydrogen) atoms. The van der Waals surface area contributed by atoms with Crippen molar-refractivity contribution in [2.45, 2.75) is 30.6 Å². The van der Waals surface area contributed by atoms with Crippen LogP contribution in [0.5, 0.6) is 0 Å². The number of halogens is 1. The molecule has 98 valence electrons. The number of carboxylic acid groups (broad SMARTS) is 1. The molecule has 3 nitrogen and oxygen atoms in total. The molecular formula is C13H16ClNO2S. The summed E-state index contributed by atoms with van der Waals surface area (Å²) in [5, 5.41) is 13.4. The zero-order valence-electron chi connectivity index (χ0n) is 10.1. The Labute approximate surface area is 116 Å². The zero-order chi connectivity index (χ0) is 13.2. The number of thioether (sulfide) groups is 1. The molecule has 2 N–H and O–H groups in total. The Bertz CT molecular complexity index is 454. The average molecular weight is 286 g/mol. The summed E-state index contributed by atoms with van der Waals surface area (Å²) in [6.07, 6.45) is 1.55. The first-order chi connectivity index (χ1) is 8.54. The van der Waals surface area contributed by atoms with Crippen molar-refractivity contribution in [3.63, 3.8) is 0 Å². The lowest BCUT2D eigenvalue weighted by Gasteiger charge is -2.39. The number of nitrogens with one attached hydrogen (secondary N) is 1. The Balaban J connectivity index is 2.28. The van der Waals surface area contributed by atoms with Crippen LogP contribution in [0.25, 0.3) is 0 Å². The highest BCUT2D eigenvalue weighted by Gasteiger charge is 2.45. The van der Waals surface area contributed by atoms with Gasteiger partial charge < -0.3 is 10.4 Å². The smallest absolute Gasteiger partial charge is 0.330 e. The van der Waals surface area contributed by atoms with Crippen molar-refractivity contribution >= 4 is 35.0 Å². The van der Waals surface area contributed by atoms with Gasteiger partial charge in [0.25, 0.3) is 0 Å². The van der Waals surface area contributed by atoms with Gasteiger partial charge in [-0.2, -0.15) is 11.8 Å². The van der Waals surface area contributed by atoms with Gasteiger partial charge in [-0.25, -0.2) is 4.79 Å². The van der Waals surface area contributed by atoms with Crippen molar-refractivity contribution in [2.75, 3.05) is 11.1 Å². The van der Waals surface area contributed by atoms with Crippen LogP contribution in [0.2, 0.25) is 5.02 Å². The van der Waals surface area contributed by atoms with E-state index in [-0.39, 0.29) is 5.25 Å². The Morgan fingerprint density at radius 2 is 2.39 bits per heavy atom. The predicted molar refractivity (Wildman–Crippen MR) is 76.6 cm³/mol. The molecule has 1 aromatic rings. The van der Waals surface area contributed by atoms with Gasteiger partial charge in [0.05, 0.1) is 0 Å². The summed E-state index contributed by atoms with van der Waals surface area (Å²) < 4.78 is 0. The van der Waals surface area contributed by atoms with E-state index >= 15 is 0 Å². The molecule has 1 aliphatic rings. The first-order valence-electron chi connectivity index (χ1n) is 5.93. The molecule has 0 radical (unpaired) electrons. The largest absolute Gasteiger partial charge is 0.479 e. The summed E-state index contributed by atoms with van der Waals surface area (Å²) in [7, 11) is 0. The standard InChI is InChI=1S/C13H16ClNO2S/c1-9-13(12(16)17,6-3-7-18-9)15-11-5-2-4-10(14)8-11/h2,4-5,8-9,15H,3,6-7H2,1H3,(H,16,17). The van der Waals surface area contributed by atoms with E-state index in [0.29, 0.717) is 11.4 Å². The number of hydrogen-bond donors (Lipinski definition) is 2. The second-order valence-corrected chi connectivity index (χ2v) is 6.41. The predicted octanol–water partition coefficient (Wildman–Crippen LogP) is 3.49. The van der Waals surface area contributed by atoms with Crippen LogP contribution in [-0.4, -0.2) is 27.6 Å². The van der Waals surface area contributed by atoms with Gasteiger partial charge in [0.2, 0.25) is 0 Å². The van der Waals surface area contributed by atoms with Gasteiger partial charge in [-0.05, 0) is 36.8 Å². The molecule has 1 fully saturated rings. The molecule has 0 spiro atoms.